The second kappa shape index (κ2) is 6.93. The molecule has 6 nitrogen and oxygen atoms in total. The van der Waals surface area contributed by atoms with Gasteiger partial charge in [0.05, 0.1) is 12.0 Å². The van der Waals surface area contributed by atoms with Gasteiger partial charge in [0.15, 0.2) is 0 Å². The number of nitrogens with two attached hydrogens (primary N) is 1. The first-order chi connectivity index (χ1) is 12.3. The van der Waals surface area contributed by atoms with E-state index in [0.717, 1.165) is 27.8 Å². The summed E-state index contributed by atoms with van der Waals surface area (Å²) in [5.74, 6) is 0.709. The Kier molecular flexibility index (Phi) is 4.33. The first-order valence-electron chi connectivity index (χ1n) is 8.79. The van der Waals surface area contributed by atoms with Gasteiger partial charge in [-0.05, 0) is 30.5 Å². The van der Waals surface area contributed by atoms with Crippen LogP contribution in [0.3, 0.4) is 0 Å². The maximum Gasteiger partial charge on any atom is 0.224 e. The van der Waals surface area contributed by atoms with E-state index in [1.807, 2.05) is 36.7 Å². The van der Waals surface area contributed by atoms with Crippen molar-refractivity contribution in [2.75, 3.05) is 5.32 Å². The largest absolute Gasteiger partial charge is 0.390 e. The number of anilines is 1. The van der Waals surface area contributed by atoms with Crippen molar-refractivity contribution in [1.82, 2.24) is 15.0 Å². The second-order valence-corrected chi connectivity index (χ2v) is 6.46. The maximum atomic E-state index is 5.33. The second-order valence-electron chi connectivity index (χ2n) is 6.46. The molecule has 128 valence electrons. The molecule has 0 spiro atoms. The van der Waals surface area contributed by atoms with Crippen LogP contribution in [0.1, 0.15) is 32.1 Å². The average molecular weight is 334 g/mol. The zero-order valence-electron chi connectivity index (χ0n) is 14.1. The molecular formula is C19H22N6. The summed E-state index contributed by atoms with van der Waals surface area (Å²) in [6, 6.07) is 8.43. The molecule has 1 aromatic carbocycles. The molecule has 1 fully saturated rings. The lowest BCUT2D eigenvalue weighted by atomic mass is 9.96. The smallest absolute Gasteiger partial charge is 0.224 e. The van der Waals surface area contributed by atoms with E-state index in [-0.39, 0.29) is 0 Å². The maximum absolute atomic E-state index is 5.33. The van der Waals surface area contributed by atoms with Gasteiger partial charge in [-0.3, -0.25) is 0 Å². The number of hydrogen-bond donors (Lipinski definition) is 3. The first-order valence-corrected chi connectivity index (χ1v) is 8.79. The van der Waals surface area contributed by atoms with Crippen LogP contribution in [0.15, 0.2) is 41.7 Å². The van der Waals surface area contributed by atoms with E-state index >= 15 is 0 Å². The lowest BCUT2D eigenvalue weighted by molar-refractivity contribution is 0.461. The van der Waals surface area contributed by atoms with Crippen LogP contribution in [0, 0.1) is 0 Å². The number of H-pyrrole nitrogens is 1. The molecule has 2 heterocycles. The van der Waals surface area contributed by atoms with Crippen molar-refractivity contribution in [3.05, 3.63) is 36.7 Å². The molecule has 0 aliphatic heterocycles. The van der Waals surface area contributed by atoms with E-state index < -0.39 is 0 Å². The third kappa shape index (κ3) is 3.33. The molecule has 1 aliphatic rings. The average Bonchev–Trinajstić information content (AvgIpc) is 3.07. The first kappa shape index (κ1) is 15.6. The molecule has 0 atom stereocenters. The molecule has 25 heavy (non-hydrogen) atoms. The quantitative estimate of drug-likeness (QED) is 0.497. The predicted molar refractivity (Wildman–Crippen MR) is 102 cm³/mol. The molecule has 3 aromatic rings. The molecular weight excluding hydrogens is 312 g/mol. The highest BCUT2D eigenvalue weighted by Gasteiger charge is 2.15. The Labute approximate surface area is 146 Å². The Morgan fingerprint density at radius 3 is 2.72 bits per heavy atom. The van der Waals surface area contributed by atoms with Crippen molar-refractivity contribution in [3.63, 3.8) is 0 Å². The van der Waals surface area contributed by atoms with Crippen molar-refractivity contribution in [2.24, 2.45) is 10.7 Å². The van der Waals surface area contributed by atoms with E-state index in [4.69, 9.17) is 5.73 Å². The van der Waals surface area contributed by atoms with Crippen LogP contribution >= 0.6 is 0 Å². The summed E-state index contributed by atoms with van der Waals surface area (Å²) in [6.45, 7) is 0. The Morgan fingerprint density at radius 2 is 1.96 bits per heavy atom. The molecule has 1 saturated carbocycles. The van der Waals surface area contributed by atoms with E-state index in [9.17, 15) is 0 Å². The number of hydrogen-bond acceptors (Lipinski definition) is 4. The number of aromatic nitrogens is 3. The summed E-state index contributed by atoms with van der Waals surface area (Å²) >= 11 is 0. The fraction of sp³-hybridized carbons (Fsp3) is 0.316. The number of benzene rings is 1. The molecule has 6 heteroatoms. The molecule has 0 saturated heterocycles. The van der Waals surface area contributed by atoms with Crippen LogP contribution in [0.5, 0.6) is 0 Å². The van der Waals surface area contributed by atoms with E-state index in [1.54, 1.807) is 0 Å². The summed E-state index contributed by atoms with van der Waals surface area (Å²) in [4.78, 5) is 16.5. The molecule has 0 bridgehead atoms. The highest BCUT2D eigenvalue weighted by Crippen LogP contribution is 2.29. The monoisotopic (exact) mass is 334 g/mol. The van der Waals surface area contributed by atoms with E-state index in [0.29, 0.717) is 12.0 Å². The zero-order valence-corrected chi connectivity index (χ0v) is 14.1. The summed E-state index contributed by atoms with van der Waals surface area (Å²) in [5, 5.41) is 4.49. The number of aromatic amines is 1. The van der Waals surface area contributed by atoms with Gasteiger partial charge in [-0.2, -0.15) is 4.98 Å². The van der Waals surface area contributed by atoms with Crippen molar-refractivity contribution in [3.8, 4) is 11.1 Å². The van der Waals surface area contributed by atoms with Gasteiger partial charge < -0.3 is 16.0 Å². The summed E-state index contributed by atoms with van der Waals surface area (Å²) < 4.78 is 0. The highest BCUT2D eigenvalue weighted by molar-refractivity contribution is 5.93. The van der Waals surface area contributed by atoms with E-state index in [1.165, 1.54) is 38.4 Å². The molecule has 0 amide bonds. The van der Waals surface area contributed by atoms with Crippen LogP contribution in [-0.2, 0) is 0 Å². The minimum atomic E-state index is 0.497. The van der Waals surface area contributed by atoms with Gasteiger partial charge in [0.25, 0.3) is 0 Å². The third-order valence-corrected chi connectivity index (χ3v) is 4.77. The topological polar surface area (TPSA) is 92.0 Å². The normalized spacial score (nSPS) is 15.8. The molecule has 0 radical (unpaired) electrons. The Bertz CT molecular complexity index is 875. The molecule has 0 unspecified atom stereocenters. The minimum absolute atomic E-state index is 0.497. The fourth-order valence-corrected chi connectivity index (χ4v) is 3.46. The molecule has 4 N–H and O–H groups in total. The van der Waals surface area contributed by atoms with Crippen molar-refractivity contribution in [2.45, 2.75) is 38.1 Å². The van der Waals surface area contributed by atoms with Gasteiger partial charge in [-0.1, -0.05) is 31.4 Å². The molecule has 4 rings (SSSR count). The Hall–Kier alpha value is -2.89. The summed E-state index contributed by atoms with van der Waals surface area (Å²) in [6.07, 6.45) is 11.5. The number of nitrogens with one attached hydrogen (secondary N) is 2. The van der Waals surface area contributed by atoms with Crippen LogP contribution in [-0.4, -0.2) is 27.3 Å². The fourth-order valence-electron chi connectivity index (χ4n) is 3.46. The lowest BCUT2D eigenvalue weighted by Gasteiger charge is -2.22. The standard InChI is InChI=1S/C19H22N6/c20-12-23-14-8-6-13(7-9-14)16-10-21-18-17(16)11-22-19(25-18)24-15-4-2-1-3-5-15/h6-12,15H,1-5H2,(H2,20,23)(H2,21,22,24,25). The number of aliphatic imine (C=N–C) groups is 1. The van der Waals surface area contributed by atoms with E-state index in [2.05, 4.69) is 25.3 Å². The summed E-state index contributed by atoms with van der Waals surface area (Å²) in [7, 11) is 0. The number of nitrogens with zero attached hydrogens (tertiary/aromatic N) is 3. The number of fused-ring (bicyclic) bond motifs is 1. The Morgan fingerprint density at radius 1 is 1.16 bits per heavy atom. The molecule has 1 aliphatic carbocycles. The number of rotatable bonds is 4. The minimum Gasteiger partial charge on any atom is -0.390 e. The third-order valence-electron chi connectivity index (χ3n) is 4.77. The van der Waals surface area contributed by atoms with Gasteiger partial charge in [0.1, 0.15) is 5.65 Å². The van der Waals surface area contributed by atoms with Crippen LogP contribution in [0.4, 0.5) is 11.6 Å². The van der Waals surface area contributed by atoms with Crippen molar-refractivity contribution in [1.29, 1.82) is 0 Å². The van der Waals surface area contributed by atoms with Crippen LogP contribution < -0.4 is 11.1 Å². The lowest BCUT2D eigenvalue weighted by Crippen LogP contribution is -2.23. The SMILES string of the molecule is NC=Nc1ccc(-c2c[nH]c3nc(NC4CCCCC4)ncc23)cc1. The van der Waals surface area contributed by atoms with Crippen LogP contribution in [0.2, 0.25) is 0 Å². The van der Waals surface area contributed by atoms with Gasteiger partial charge >= 0.3 is 0 Å². The Balaban J connectivity index is 1.59. The predicted octanol–water partition coefficient (Wildman–Crippen LogP) is 3.99. The highest BCUT2D eigenvalue weighted by atomic mass is 15.1. The summed E-state index contributed by atoms with van der Waals surface area (Å²) in [5.41, 5.74) is 9.20. The zero-order chi connectivity index (χ0) is 17.1. The van der Waals surface area contributed by atoms with Gasteiger partial charge in [0, 0.05) is 29.4 Å². The van der Waals surface area contributed by atoms with Crippen LogP contribution in [0.25, 0.3) is 22.2 Å². The van der Waals surface area contributed by atoms with Gasteiger partial charge in [-0.25, -0.2) is 9.98 Å². The van der Waals surface area contributed by atoms with Gasteiger partial charge in [-0.15, -0.1) is 0 Å². The van der Waals surface area contributed by atoms with Crippen molar-refractivity contribution < 1.29 is 0 Å². The van der Waals surface area contributed by atoms with Gasteiger partial charge in [0.2, 0.25) is 5.95 Å². The molecule has 2 aromatic heterocycles. The van der Waals surface area contributed by atoms with Crippen molar-refractivity contribution >= 4 is 29.0 Å².